The number of aromatic nitrogens is 2. The van der Waals surface area contributed by atoms with Gasteiger partial charge in [0.2, 0.25) is 5.95 Å². The minimum atomic E-state index is -0.267. The van der Waals surface area contributed by atoms with Crippen LogP contribution in [0.5, 0.6) is 0 Å². The van der Waals surface area contributed by atoms with Gasteiger partial charge in [0.25, 0.3) is 0 Å². The summed E-state index contributed by atoms with van der Waals surface area (Å²) >= 11 is 18.5. The van der Waals surface area contributed by atoms with E-state index in [0.29, 0.717) is 52.2 Å². The van der Waals surface area contributed by atoms with E-state index in [9.17, 15) is 4.79 Å². The van der Waals surface area contributed by atoms with Crippen LogP contribution < -0.4 is 10.6 Å². The second-order valence-corrected chi connectivity index (χ2v) is 8.75. The lowest BCUT2D eigenvalue weighted by Crippen LogP contribution is -2.42. The number of rotatable bonds is 5. The molecule has 1 saturated heterocycles. The van der Waals surface area contributed by atoms with Crippen molar-refractivity contribution in [2.24, 2.45) is 0 Å². The summed E-state index contributed by atoms with van der Waals surface area (Å²) in [4.78, 5) is 23.0. The molecular weight excluding hydrogens is 473 g/mol. The molecule has 10 heteroatoms. The number of hydrogen-bond donors (Lipinski definition) is 2. The third kappa shape index (κ3) is 5.46. The Bertz CT molecular complexity index is 1120. The van der Waals surface area contributed by atoms with Crippen molar-refractivity contribution in [2.75, 3.05) is 30.3 Å². The van der Waals surface area contributed by atoms with E-state index < -0.39 is 0 Å². The van der Waals surface area contributed by atoms with Crippen LogP contribution in [-0.2, 0) is 4.74 Å². The van der Waals surface area contributed by atoms with Crippen molar-refractivity contribution < 1.29 is 9.53 Å². The van der Waals surface area contributed by atoms with Crippen LogP contribution >= 0.6 is 34.8 Å². The molecule has 0 spiro atoms. The molecular formula is C22H22Cl3N5O2. The first kappa shape index (κ1) is 22.7. The molecule has 2 heterocycles. The Morgan fingerprint density at radius 3 is 2.47 bits per heavy atom. The van der Waals surface area contributed by atoms with E-state index >= 15 is 0 Å². The number of benzene rings is 2. The van der Waals surface area contributed by atoms with Crippen molar-refractivity contribution >= 4 is 69.3 Å². The van der Waals surface area contributed by atoms with Crippen LogP contribution in [0.25, 0.3) is 10.9 Å². The molecule has 0 saturated carbocycles. The molecule has 1 aliphatic rings. The standard InChI is InChI=1S/C22H22Cl3N5O2/c1-2-32-22(31)30-7-5-16(6-8-30)26-20-18-12-13(23)3-4-19(18)28-21(29-20)27-17-10-14(24)9-15(25)11-17/h3-4,9-12,16H,2,5-8H2,1H3,(H2,26,27,28,29). The smallest absolute Gasteiger partial charge is 0.409 e. The highest BCUT2D eigenvalue weighted by molar-refractivity contribution is 6.35. The molecule has 0 aliphatic carbocycles. The molecule has 7 nitrogen and oxygen atoms in total. The number of likely N-dealkylation sites (tertiary alicyclic amines) is 1. The number of hydrogen-bond acceptors (Lipinski definition) is 6. The minimum absolute atomic E-state index is 0.145. The van der Waals surface area contributed by atoms with Crippen molar-refractivity contribution in [1.82, 2.24) is 14.9 Å². The normalized spacial score (nSPS) is 14.4. The summed E-state index contributed by atoms with van der Waals surface area (Å²) in [5.74, 6) is 1.08. The van der Waals surface area contributed by atoms with Gasteiger partial charge >= 0.3 is 6.09 Å². The Hall–Kier alpha value is -2.48. The molecule has 1 fully saturated rings. The molecule has 1 amide bonds. The van der Waals surface area contributed by atoms with Crippen LogP contribution in [0.3, 0.4) is 0 Å². The highest BCUT2D eigenvalue weighted by atomic mass is 35.5. The first-order valence-electron chi connectivity index (χ1n) is 10.3. The molecule has 0 atom stereocenters. The summed E-state index contributed by atoms with van der Waals surface area (Å²) in [6, 6.07) is 10.8. The number of fused-ring (bicyclic) bond motifs is 1. The monoisotopic (exact) mass is 493 g/mol. The predicted molar refractivity (Wildman–Crippen MR) is 130 cm³/mol. The Labute approximate surface area is 201 Å². The molecule has 2 aromatic carbocycles. The third-order valence-electron chi connectivity index (χ3n) is 5.14. The zero-order chi connectivity index (χ0) is 22.7. The topological polar surface area (TPSA) is 79.4 Å². The van der Waals surface area contributed by atoms with Crippen LogP contribution in [0.1, 0.15) is 19.8 Å². The zero-order valence-electron chi connectivity index (χ0n) is 17.4. The quantitative estimate of drug-likeness (QED) is 0.429. The average molecular weight is 495 g/mol. The van der Waals surface area contributed by atoms with Crippen molar-refractivity contribution in [3.05, 3.63) is 51.5 Å². The van der Waals surface area contributed by atoms with Crippen LogP contribution in [0.4, 0.5) is 22.2 Å². The van der Waals surface area contributed by atoms with Gasteiger partial charge in [-0.3, -0.25) is 0 Å². The van der Waals surface area contributed by atoms with Gasteiger partial charge in [-0.15, -0.1) is 0 Å². The van der Waals surface area contributed by atoms with E-state index in [1.54, 1.807) is 36.1 Å². The second-order valence-electron chi connectivity index (χ2n) is 7.44. The van der Waals surface area contributed by atoms with Gasteiger partial charge in [-0.2, -0.15) is 4.98 Å². The van der Waals surface area contributed by atoms with Crippen LogP contribution in [-0.4, -0.2) is 46.7 Å². The van der Waals surface area contributed by atoms with Crippen LogP contribution in [0, 0.1) is 0 Å². The number of halogens is 3. The summed E-state index contributed by atoms with van der Waals surface area (Å²) < 4.78 is 5.10. The lowest BCUT2D eigenvalue weighted by molar-refractivity contribution is 0.0983. The molecule has 1 aromatic heterocycles. The van der Waals surface area contributed by atoms with Gasteiger partial charge < -0.3 is 20.3 Å². The molecule has 2 N–H and O–H groups in total. The van der Waals surface area contributed by atoms with E-state index in [0.717, 1.165) is 23.7 Å². The number of nitrogens with zero attached hydrogens (tertiary/aromatic N) is 3. The fourth-order valence-corrected chi connectivity index (χ4v) is 4.33. The molecule has 3 aromatic rings. The van der Waals surface area contributed by atoms with E-state index in [4.69, 9.17) is 44.5 Å². The van der Waals surface area contributed by atoms with Gasteiger partial charge in [0.15, 0.2) is 0 Å². The Kier molecular flexibility index (Phi) is 7.08. The first-order valence-corrected chi connectivity index (χ1v) is 11.4. The Morgan fingerprint density at radius 1 is 1.06 bits per heavy atom. The summed E-state index contributed by atoms with van der Waals surface area (Å²) in [5, 5.41) is 9.13. The second kappa shape index (κ2) is 9.98. The van der Waals surface area contributed by atoms with E-state index in [1.165, 1.54) is 0 Å². The highest BCUT2D eigenvalue weighted by Crippen LogP contribution is 2.29. The third-order valence-corrected chi connectivity index (χ3v) is 5.81. The van der Waals surface area contributed by atoms with Crippen molar-refractivity contribution in [3.8, 4) is 0 Å². The van der Waals surface area contributed by atoms with Crippen molar-refractivity contribution in [3.63, 3.8) is 0 Å². The van der Waals surface area contributed by atoms with Gasteiger partial charge in [-0.25, -0.2) is 9.78 Å². The highest BCUT2D eigenvalue weighted by Gasteiger charge is 2.24. The molecule has 0 unspecified atom stereocenters. The van der Waals surface area contributed by atoms with Gasteiger partial charge in [0.05, 0.1) is 12.1 Å². The average Bonchev–Trinajstić information content (AvgIpc) is 2.74. The van der Waals surface area contributed by atoms with Crippen LogP contribution in [0.15, 0.2) is 36.4 Å². The molecule has 32 heavy (non-hydrogen) atoms. The van der Waals surface area contributed by atoms with Gasteiger partial charge in [0.1, 0.15) is 5.82 Å². The maximum atomic E-state index is 12.0. The maximum absolute atomic E-state index is 12.0. The van der Waals surface area contributed by atoms with Crippen molar-refractivity contribution in [2.45, 2.75) is 25.8 Å². The molecule has 0 radical (unpaired) electrons. The largest absolute Gasteiger partial charge is 0.450 e. The van der Waals surface area contributed by atoms with Gasteiger partial charge in [-0.05, 0) is 56.2 Å². The SMILES string of the molecule is CCOC(=O)N1CCC(Nc2nc(Nc3cc(Cl)cc(Cl)c3)nc3ccc(Cl)cc23)CC1. The number of amides is 1. The number of carbonyl (C=O) groups is 1. The van der Waals surface area contributed by atoms with Gasteiger partial charge in [0, 0.05) is 45.3 Å². The van der Waals surface area contributed by atoms with E-state index in [2.05, 4.69) is 15.6 Å². The zero-order valence-corrected chi connectivity index (χ0v) is 19.6. The number of nitrogens with one attached hydrogen (secondary N) is 2. The minimum Gasteiger partial charge on any atom is -0.450 e. The van der Waals surface area contributed by atoms with E-state index in [1.807, 2.05) is 12.1 Å². The fraction of sp³-hybridized carbons (Fsp3) is 0.318. The lowest BCUT2D eigenvalue weighted by Gasteiger charge is -2.32. The lowest BCUT2D eigenvalue weighted by atomic mass is 10.1. The van der Waals surface area contributed by atoms with Crippen LogP contribution in [0.2, 0.25) is 15.1 Å². The fourth-order valence-electron chi connectivity index (χ4n) is 3.64. The van der Waals surface area contributed by atoms with Crippen molar-refractivity contribution in [1.29, 1.82) is 0 Å². The summed E-state index contributed by atoms with van der Waals surface area (Å²) in [6.07, 6.45) is 1.28. The number of ether oxygens (including phenoxy) is 1. The molecule has 4 rings (SSSR count). The summed E-state index contributed by atoms with van der Waals surface area (Å²) in [6.45, 7) is 3.41. The number of anilines is 3. The van der Waals surface area contributed by atoms with Gasteiger partial charge in [-0.1, -0.05) is 34.8 Å². The Balaban J connectivity index is 1.57. The molecule has 168 valence electrons. The van der Waals surface area contributed by atoms with E-state index in [-0.39, 0.29) is 12.1 Å². The molecule has 1 aliphatic heterocycles. The summed E-state index contributed by atoms with van der Waals surface area (Å²) in [5.41, 5.74) is 1.43. The predicted octanol–water partition coefficient (Wildman–Crippen LogP) is 6.37. The maximum Gasteiger partial charge on any atom is 0.409 e. The molecule has 0 bridgehead atoms. The number of piperidine rings is 1. The first-order chi connectivity index (χ1) is 15.4. The summed E-state index contributed by atoms with van der Waals surface area (Å²) in [7, 11) is 0. The Morgan fingerprint density at radius 2 is 1.78 bits per heavy atom. The number of carbonyl (C=O) groups excluding carboxylic acids is 1.